The van der Waals surface area contributed by atoms with Gasteiger partial charge in [-0.05, 0) is 33.2 Å². The Bertz CT molecular complexity index is 304. The fraction of sp³-hybridized carbons (Fsp3) is 0.833. The molecule has 1 heterocycles. The molecule has 1 aliphatic rings. The van der Waals surface area contributed by atoms with E-state index < -0.39 is 11.5 Å². The number of rotatable bonds is 4. The zero-order valence-corrected chi connectivity index (χ0v) is 10.8. The minimum absolute atomic E-state index is 0.196. The van der Waals surface area contributed by atoms with Gasteiger partial charge >= 0.3 is 5.97 Å². The molecule has 0 aliphatic carbocycles. The van der Waals surface area contributed by atoms with Crippen molar-refractivity contribution in [1.29, 1.82) is 0 Å². The number of carboxylic acids is 1. The summed E-state index contributed by atoms with van der Waals surface area (Å²) in [5, 5.41) is 12.1. The Hall–Kier alpha value is -1.10. The van der Waals surface area contributed by atoms with E-state index in [0.29, 0.717) is 25.4 Å². The first-order chi connectivity index (χ1) is 7.91. The molecule has 2 N–H and O–H groups in total. The summed E-state index contributed by atoms with van der Waals surface area (Å²) < 4.78 is 0. The molecule has 1 fully saturated rings. The Morgan fingerprint density at radius 3 is 2.59 bits per heavy atom. The van der Waals surface area contributed by atoms with E-state index in [2.05, 4.69) is 10.2 Å². The number of amides is 1. The van der Waals surface area contributed by atoms with Crippen LogP contribution >= 0.6 is 0 Å². The van der Waals surface area contributed by atoms with E-state index in [0.717, 1.165) is 13.0 Å². The molecule has 0 bridgehead atoms. The summed E-state index contributed by atoms with van der Waals surface area (Å²) in [6, 6.07) is 0.299. The van der Waals surface area contributed by atoms with Crippen LogP contribution in [0.2, 0.25) is 0 Å². The molecule has 5 nitrogen and oxygen atoms in total. The molecule has 1 amide bonds. The summed E-state index contributed by atoms with van der Waals surface area (Å²) in [4.78, 5) is 25.0. The van der Waals surface area contributed by atoms with Gasteiger partial charge in [0, 0.05) is 19.0 Å². The van der Waals surface area contributed by atoms with Gasteiger partial charge in [-0.15, -0.1) is 0 Å². The van der Waals surface area contributed by atoms with Crippen LogP contribution in [0.15, 0.2) is 0 Å². The lowest BCUT2D eigenvalue weighted by Gasteiger charge is -2.42. The third-order valence-corrected chi connectivity index (χ3v) is 3.36. The Labute approximate surface area is 102 Å². The highest BCUT2D eigenvalue weighted by Crippen LogP contribution is 2.23. The number of carbonyl (C=O) groups is 2. The van der Waals surface area contributed by atoms with Crippen molar-refractivity contribution in [3.8, 4) is 0 Å². The molecule has 98 valence electrons. The lowest BCUT2D eigenvalue weighted by Crippen LogP contribution is -2.64. The van der Waals surface area contributed by atoms with Gasteiger partial charge in [0.1, 0.15) is 0 Å². The monoisotopic (exact) mass is 242 g/mol. The number of likely N-dealkylation sites (tertiary alicyclic amines) is 1. The standard InChI is InChI=1S/C12H22N2O3/c1-4-10(15)13-12(11(16)17)6-5-7-14(8-12)9(2)3/h9H,4-8H2,1-3H3,(H,13,15)(H,16,17). The highest BCUT2D eigenvalue weighted by Gasteiger charge is 2.43. The maximum absolute atomic E-state index is 11.5. The maximum atomic E-state index is 11.5. The largest absolute Gasteiger partial charge is 0.479 e. The van der Waals surface area contributed by atoms with E-state index in [9.17, 15) is 14.7 Å². The number of aliphatic carboxylic acids is 1. The van der Waals surface area contributed by atoms with Crippen molar-refractivity contribution < 1.29 is 14.7 Å². The molecule has 1 saturated heterocycles. The fourth-order valence-corrected chi connectivity index (χ4v) is 2.21. The molecule has 1 atom stereocenters. The quantitative estimate of drug-likeness (QED) is 0.766. The first-order valence-corrected chi connectivity index (χ1v) is 6.19. The fourth-order valence-electron chi connectivity index (χ4n) is 2.21. The summed E-state index contributed by atoms with van der Waals surface area (Å²) in [6.07, 6.45) is 1.63. The van der Waals surface area contributed by atoms with Crippen LogP contribution in [0.25, 0.3) is 0 Å². The molecule has 5 heteroatoms. The normalized spacial score (nSPS) is 25.9. The van der Waals surface area contributed by atoms with Gasteiger partial charge in [0.05, 0.1) is 0 Å². The Morgan fingerprint density at radius 2 is 2.12 bits per heavy atom. The smallest absolute Gasteiger partial charge is 0.330 e. The van der Waals surface area contributed by atoms with Crippen molar-refractivity contribution in [2.75, 3.05) is 13.1 Å². The Kier molecular flexibility index (Phi) is 4.51. The van der Waals surface area contributed by atoms with E-state index >= 15 is 0 Å². The van der Waals surface area contributed by atoms with Crippen LogP contribution in [0.5, 0.6) is 0 Å². The number of piperidine rings is 1. The molecule has 1 rings (SSSR count). The zero-order chi connectivity index (χ0) is 13.1. The van der Waals surface area contributed by atoms with Gasteiger partial charge in [-0.25, -0.2) is 4.79 Å². The summed E-state index contributed by atoms with van der Waals surface area (Å²) in [5.41, 5.74) is -1.10. The lowest BCUT2D eigenvalue weighted by atomic mass is 9.88. The lowest BCUT2D eigenvalue weighted by molar-refractivity contribution is -0.150. The van der Waals surface area contributed by atoms with Gasteiger partial charge in [-0.1, -0.05) is 6.92 Å². The molecule has 0 saturated carbocycles. The van der Waals surface area contributed by atoms with Crippen LogP contribution in [-0.2, 0) is 9.59 Å². The molecule has 17 heavy (non-hydrogen) atoms. The van der Waals surface area contributed by atoms with Crippen LogP contribution in [0.1, 0.15) is 40.0 Å². The number of carboxylic acid groups (broad SMARTS) is 1. The molecule has 0 aromatic rings. The second-order valence-corrected chi connectivity index (χ2v) is 4.96. The van der Waals surface area contributed by atoms with Crippen molar-refractivity contribution in [3.05, 3.63) is 0 Å². The second-order valence-electron chi connectivity index (χ2n) is 4.96. The number of carbonyl (C=O) groups excluding carboxylic acids is 1. The minimum atomic E-state index is -1.10. The van der Waals surface area contributed by atoms with Gasteiger partial charge in [-0.2, -0.15) is 0 Å². The number of hydrogen-bond donors (Lipinski definition) is 2. The summed E-state index contributed by atoms with van der Waals surface area (Å²) in [5.74, 6) is -1.12. The van der Waals surface area contributed by atoms with Gasteiger partial charge in [0.15, 0.2) is 5.54 Å². The van der Waals surface area contributed by atoms with E-state index in [4.69, 9.17) is 0 Å². The third-order valence-electron chi connectivity index (χ3n) is 3.36. The van der Waals surface area contributed by atoms with Gasteiger partial charge in [0.2, 0.25) is 5.91 Å². The average molecular weight is 242 g/mol. The number of hydrogen-bond acceptors (Lipinski definition) is 3. The predicted molar refractivity (Wildman–Crippen MR) is 64.7 cm³/mol. The molecular formula is C12H22N2O3. The van der Waals surface area contributed by atoms with E-state index in [1.54, 1.807) is 6.92 Å². The number of nitrogens with zero attached hydrogens (tertiary/aromatic N) is 1. The molecule has 0 aromatic carbocycles. The molecule has 1 aliphatic heterocycles. The first kappa shape index (κ1) is 14.0. The summed E-state index contributed by atoms with van der Waals surface area (Å²) in [7, 11) is 0. The SMILES string of the molecule is CCC(=O)NC1(C(=O)O)CCCN(C(C)C)C1. The predicted octanol–water partition coefficient (Wildman–Crippen LogP) is 0.840. The highest BCUT2D eigenvalue weighted by atomic mass is 16.4. The average Bonchev–Trinajstić information content (AvgIpc) is 2.28. The number of nitrogens with one attached hydrogen (secondary N) is 1. The van der Waals surface area contributed by atoms with Crippen molar-refractivity contribution in [3.63, 3.8) is 0 Å². The third kappa shape index (κ3) is 3.19. The molecule has 0 radical (unpaired) electrons. The van der Waals surface area contributed by atoms with Crippen LogP contribution in [0.4, 0.5) is 0 Å². The van der Waals surface area contributed by atoms with Gasteiger partial charge in [-0.3, -0.25) is 9.69 Å². The van der Waals surface area contributed by atoms with Crippen LogP contribution in [0.3, 0.4) is 0 Å². The van der Waals surface area contributed by atoms with Crippen LogP contribution in [-0.4, -0.2) is 46.6 Å². The van der Waals surface area contributed by atoms with E-state index in [1.165, 1.54) is 0 Å². The summed E-state index contributed by atoms with van der Waals surface area (Å²) >= 11 is 0. The topological polar surface area (TPSA) is 69.6 Å². The van der Waals surface area contributed by atoms with Crippen molar-refractivity contribution in [2.24, 2.45) is 0 Å². The first-order valence-electron chi connectivity index (χ1n) is 6.19. The second kappa shape index (κ2) is 5.49. The molecule has 1 unspecified atom stereocenters. The summed E-state index contributed by atoms with van der Waals surface area (Å²) in [6.45, 7) is 7.10. The van der Waals surface area contributed by atoms with Crippen LogP contribution in [0, 0.1) is 0 Å². The van der Waals surface area contributed by atoms with Crippen molar-refractivity contribution in [1.82, 2.24) is 10.2 Å². The van der Waals surface area contributed by atoms with Crippen LogP contribution < -0.4 is 5.32 Å². The van der Waals surface area contributed by atoms with Gasteiger partial charge in [0.25, 0.3) is 0 Å². The highest BCUT2D eigenvalue weighted by molar-refractivity contribution is 5.87. The van der Waals surface area contributed by atoms with Gasteiger partial charge < -0.3 is 10.4 Å². The molecule has 0 spiro atoms. The molecule has 0 aromatic heterocycles. The Morgan fingerprint density at radius 1 is 1.47 bits per heavy atom. The Balaban J connectivity index is 2.84. The van der Waals surface area contributed by atoms with E-state index in [1.807, 2.05) is 13.8 Å². The van der Waals surface area contributed by atoms with Crippen molar-refractivity contribution >= 4 is 11.9 Å². The van der Waals surface area contributed by atoms with E-state index in [-0.39, 0.29) is 5.91 Å². The minimum Gasteiger partial charge on any atom is -0.479 e. The zero-order valence-electron chi connectivity index (χ0n) is 10.8. The molecular weight excluding hydrogens is 220 g/mol. The van der Waals surface area contributed by atoms with Crippen molar-refractivity contribution in [2.45, 2.75) is 51.6 Å². The maximum Gasteiger partial charge on any atom is 0.330 e.